The molecular weight excluding hydrogens is 385 g/mol. The van der Waals surface area contributed by atoms with E-state index in [1.807, 2.05) is 0 Å². The van der Waals surface area contributed by atoms with Gasteiger partial charge in [0.1, 0.15) is 5.82 Å². The first-order chi connectivity index (χ1) is 13.8. The van der Waals surface area contributed by atoms with Crippen LogP contribution in [0.4, 0.5) is 24.5 Å². The molecule has 29 heavy (non-hydrogen) atoms. The molecule has 6 nitrogen and oxygen atoms in total. The van der Waals surface area contributed by atoms with Crippen LogP contribution in [0.2, 0.25) is 0 Å². The number of alkyl halides is 2. The number of aryl methyl sites for hydroxylation is 2. The summed E-state index contributed by atoms with van der Waals surface area (Å²) in [6.45, 7) is 3.21. The molecule has 1 aromatic heterocycles. The van der Waals surface area contributed by atoms with Gasteiger partial charge in [-0.1, -0.05) is 18.2 Å². The zero-order valence-electron chi connectivity index (χ0n) is 15.5. The van der Waals surface area contributed by atoms with Gasteiger partial charge in [-0.25, -0.2) is 13.2 Å². The molecule has 2 amide bonds. The van der Waals surface area contributed by atoms with Crippen LogP contribution in [-0.4, -0.2) is 22.0 Å². The fourth-order valence-electron chi connectivity index (χ4n) is 2.68. The Kier molecular flexibility index (Phi) is 5.67. The van der Waals surface area contributed by atoms with E-state index in [0.717, 1.165) is 0 Å². The van der Waals surface area contributed by atoms with Gasteiger partial charge in [0.25, 0.3) is 18.2 Å². The minimum atomic E-state index is -2.86. The molecule has 0 spiro atoms. The van der Waals surface area contributed by atoms with Crippen LogP contribution in [0.5, 0.6) is 0 Å². The van der Waals surface area contributed by atoms with E-state index in [1.54, 1.807) is 13.0 Å². The predicted octanol–water partition coefficient (Wildman–Crippen LogP) is 4.61. The second kappa shape index (κ2) is 8.17. The van der Waals surface area contributed by atoms with Crippen molar-refractivity contribution in [3.05, 3.63) is 76.4 Å². The highest BCUT2D eigenvalue weighted by Crippen LogP contribution is 2.28. The molecule has 0 aliphatic rings. The summed E-state index contributed by atoms with van der Waals surface area (Å²) in [5.41, 5.74) is 0.549. The monoisotopic (exact) mass is 402 g/mol. The molecule has 0 aliphatic carbocycles. The average molecular weight is 402 g/mol. The zero-order valence-corrected chi connectivity index (χ0v) is 15.5. The number of aromatic amines is 1. The van der Waals surface area contributed by atoms with Crippen molar-refractivity contribution in [1.29, 1.82) is 0 Å². The molecule has 2 aromatic carbocycles. The summed E-state index contributed by atoms with van der Waals surface area (Å²) in [6, 6.07) is 9.96. The minimum absolute atomic E-state index is 0.0949. The zero-order chi connectivity index (χ0) is 21.1. The summed E-state index contributed by atoms with van der Waals surface area (Å²) in [6.07, 6.45) is -2.86. The molecule has 0 bridgehead atoms. The number of anilines is 2. The van der Waals surface area contributed by atoms with Gasteiger partial charge in [0.15, 0.2) is 5.69 Å². The van der Waals surface area contributed by atoms with Gasteiger partial charge in [-0.2, -0.15) is 5.10 Å². The maximum Gasteiger partial charge on any atom is 0.284 e. The molecule has 0 atom stereocenters. The Hall–Kier alpha value is -3.62. The van der Waals surface area contributed by atoms with Crippen molar-refractivity contribution in [2.24, 2.45) is 0 Å². The number of hydrogen-bond donors (Lipinski definition) is 3. The number of nitrogens with zero attached hydrogens (tertiary/aromatic N) is 1. The van der Waals surface area contributed by atoms with Gasteiger partial charge in [0, 0.05) is 11.3 Å². The van der Waals surface area contributed by atoms with E-state index in [4.69, 9.17) is 0 Å². The van der Waals surface area contributed by atoms with Crippen LogP contribution in [0.1, 0.15) is 44.1 Å². The molecule has 0 aliphatic heterocycles. The molecule has 3 aromatic rings. The number of nitrogens with one attached hydrogen (secondary N) is 3. The normalized spacial score (nSPS) is 10.8. The Labute approximate surface area is 164 Å². The van der Waals surface area contributed by atoms with Gasteiger partial charge in [-0.15, -0.1) is 0 Å². The van der Waals surface area contributed by atoms with Gasteiger partial charge < -0.3 is 10.6 Å². The summed E-state index contributed by atoms with van der Waals surface area (Å²) in [7, 11) is 0. The number of carbonyl (C=O) groups excluding carboxylic acids is 2. The molecule has 9 heteroatoms. The molecule has 0 unspecified atom stereocenters. The lowest BCUT2D eigenvalue weighted by atomic mass is 10.1. The van der Waals surface area contributed by atoms with Crippen LogP contribution < -0.4 is 10.6 Å². The minimum Gasteiger partial charge on any atom is -0.322 e. The van der Waals surface area contributed by atoms with Crippen molar-refractivity contribution in [3.63, 3.8) is 0 Å². The van der Waals surface area contributed by atoms with Crippen molar-refractivity contribution in [2.45, 2.75) is 20.3 Å². The lowest BCUT2D eigenvalue weighted by Crippen LogP contribution is -2.17. The molecule has 3 N–H and O–H groups in total. The second-order valence-electron chi connectivity index (χ2n) is 6.33. The Morgan fingerprint density at radius 3 is 2.45 bits per heavy atom. The molecule has 0 saturated heterocycles. The summed E-state index contributed by atoms with van der Waals surface area (Å²) >= 11 is 0. The molecule has 3 rings (SSSR count). The van der Waals surface area contributed by atoms with E-state index >= 15 is 0 Å². The van der Waals surface area contributed by atoms with E-state index in [2.05, 4.69) is 20.8 Å². The summed E-state index contributed by atoms with van der Waals surface area (Å²) in [5, 5.41) is 10.9. The largest absolute Gasteiger partial charge is 0.322 e. The number of carbonyl (C=O) groups is 2. The summed E-state index contributed by atoms with van der Waals surface area (Å²) in [4.78, 5) is 24.9. The maximum absolute atomic E-state index is 13.8. The SMILES string of the molecule is Cc1ccc(C(=O)Nc2c(C(F)F)n[nH]c2C)cc1NC(=O)c1ccccc1F. The Balaban J connectivity index is 1.84. The van der Waals surface area contributed by atoms with Gasteiger partial charge in [0.05, 0.1) is 16.9 Å². The number of benzene rings is 2. The van der Waals surface area contributed by atoms with Crippen molar-refractivity contribution >= 4 is 23.2 Å². The number of amides is 2. The molecular formula is C20H17F3N4O2. The Morgan fingerprint density at radius 2 is 1.76 bits per heavy atom. The maximum atomic E-state index is 13.8. The standard InChI is InChI=1S/C20H17F3N4O2/c1-10-7-8-12(19(28)25-16-11(2)26-27-17(16)18(22)23)9-15(10)24-20(29)13-5-3-4-6-14(13)21/h3-9,18H,1-2H3,(H,24,29)(H,25,28)(H,26,27). The van der Waals surface area contributed by atoms with Crippen LogP contribution in [0.3, 0.4) is 0 Å². The number of aromatic nitrogens is 2. The van der Waals surface area contributed by atoms with Crippen LogP contribution in [0.15, 0.2) is 42.5 Å². The van der Waals surface area contributed by atoms with Gasteiger partial charge in [0.2, 0.25) is 0 Å². The van der Waals surface area contributed by atoms with Crippen molar-refractivity contribution < 1.29 is 22.8 Å². The molecule has 1 heterocycles. The first-order valence-electron chi connectivity index (χ1n) is 8.58. The highest BCUT2D eigenvalue weighted by Gasteiger charge is 2.21. The van der Waals surface area contributed by atoms with E-state index in [-0.39, 0.29) is 22.5 Å². The molecule has 0 saturated carbocycles. The fraction of sp³-hybridized carbons (Fsp3) is 0.150. The molecule has 0 fully saturated rings. The first kappa shape index (κ1) is 20.1. The third-order valence-corrected chi connectivity index (χ3v) is 4.29. The van der Waals surface area contributed by atoms with Crippen molar-refractivity contribution in [2.75, 3.05) is 10.6 Å². The van der Waals surface area contributed by atoms with Crippen LogP contribution in [-0.2, 0) is 0 Å². The van der Waals surface area contributed by atoms with E-state index in [0.29, 0.717) is 11.3 Å². The fourth-order valence-corrected chi connectivity index (χ4v) is 2.68. The predicted molar refractivity (Wildman–Crippen MR) is 102 cm³/mol. The van der Waals surface area contributed by atoms with E-state index < -0.39 is 29.8 Å². The highest BCUT2D eigenvalue weighted by molar-refractivity contribution is 6.08. The molecule has 0 radical (unpaired) electrons. The van der Waals surface area contributed by atoms with Gasteiger partial charge >= 0.3 is 0 Å². The van der Waals surface area contributed by atoms with Crippen LogP contribution in [0.25, 0.3) is 0 Å². The van der Waals surface area contributed by atoms with Crippen molar-refractivity contribution in [1.82, 2.24) is 10.2 Å². The smallest absolute Gasteiger partial charge is 0.284 e. The quantitative estimate of drug-likeness (QED) is 0.583. The number of halogens is 3. The lowest BCUT2D eigenvalue weighted by Gasteiger charge is -2.12. The number of rotatable bonds is 5. The summed E-state index contributed by atoms with van der Waals surface area (Å²) in [5.74, 6) is -2.00. The Morgan fingerprint density at radius 1 is 1.03 bits per heavy atom. The van der Waals surface area contributed by atoms with Gasteiger partial charge in [-0.3, -0.25) is 14.7 Å². The van der Waals surface area contributed by atoms with Gasteiger partial charge in [-0.05, 0) is 43.7 Å². The number of H-pyrrole nitrogens is 1. The van der Waals surface area contributed by atoms with Crippen LogP contribution in [0, 0.1) is 19.7 Å². The van der Waals surface area contributed by atoms with E-state index in [1.165, 1.54) is 43.3 Å². The summed E-state index contributed by atoms with van der Waals surface area (Å²) < 4.78 is 39.9. The average Bonchev–Trinajstić information content (AvgIpc) is 3.04. The molecule has 150 valence electrons. The third-order valence-electron chi connectivity index (χ3n) is 4.29. The van der Waals surface area contributed by atoms with Crippen LogP contribution >= 0.6 is 0 Å². The first-order valence-corrected chi connectivity index (χ1v) is 8.58. The second-order valence-corrected chi connectivity index (χ2v) is 6.33. The van der Waals surface area contributed by atoms with E-state index in [9.17, 15) is 22.8 Å². The number of hydrogen-bond acceptors (Lipinski definition) is 3. The Bertz CT molecular complexity index is 1080. The van der Waals surface area contributed by atoms with Crippen molar-refractivity contribution in [3.8, 4) is 0 Å². The highest BCUT2D eigenvalue weighted by atomic mass is 19.3. The third kappa shape index (κ3) is 4.29. The topological polar surface area (TPSA) is 86.9 Å². The lowest BCUT2D eigenvalue weighted by molar-refractivity contribution is 0.101.